The quantitative estimate of drug-likeness (QED) is 0.649. The summed E-state index contributed by atoms with van der Waals surface area (Å²) < 4.78 is 5.26. The maximum Gasteiger partial charge on any atom is 0.0589 e. The largest absolute Gasteiger partial charge is 0.383 e. The summed E-state index contributed by atoms with van der Waals surface area (Å²) in [4.78, 5) is 2.61. The third-order valence-electron chi connectivity index (χ3n) is 3.61. The van der Waals surface area contributed by atoms with E-state index in [1.165, 1.54) is 19.4 Å². The van der Waals surface area contributed by atoms with Crippen LogP contribution in [-0.4, -0.2) is 50.3 Å². The zero-order valence-electron chi connectivity index (χ0n) is 12.9. The molecule has 0 bridgehead atoms. The molecule has 0 heterocycles. The fourth-order valence-corrected chi connectivity index (χ4v) is 2.43. The molecule has 0 aromatic heterocycles. The summed E-state index contributed by atoms with van der Waals surface area (Å²) in [6.45, 7) is 13.4. The molecule has 0 aromatic carbocycles. The molecule has 0 aromatic rings. The second-order valence-corrected chi connectivity index (χ2v) is 6.38. The smallest absolute Gasteiger partial charge is 0.0589 e. The lowest BCUT2D eigenvalue weighted by Gasteiger charge is -2.35. The lowest BCUT2D eigenvalue weighted by atomic mass is 10.0. The van der Waals surface area contributed by atoms with Crippen LogP contribution in [0.15, 0.2) is 0 Å². The van der Waals surface area contributed by atoms with Crippen molar-refractivity contribution in [1.82, 2.24) is 10.2 Å². The molecule has 1 fully saturated rings. The predicted molar refractivity (Wildman–Crippen MR) is 77.9 cm³/mol. The van der Waals surface area contributed by atoms with E-state index < -0.39 is 0 Å². The van der Waals surface area contributed by atoms with Gasteiger partial charge in [-0.25, -0.2) is 0 Å². The van der Waals surface area contributed by atoms with Crippen molar-refractivity contribution < 1.29 is 4.74 Å². The van der Waals surface area contributed by atoms with Crippen molar-refractivity contribution in [3.63, 3.8) is 0 Å². The van der Waals surface area contributed by atoms with Gasteiger partial charge in [0, 0.05) is 38.8 Å². The second kappa shape index (κ2) is 8.13. The first-order valence-corrected chi connectivity index (χ1v) is 7.51. The van der Waals surface area contributed by atoms with Gasteiger partial charge < -0.3 is 10.1 Å². The van der Waals surface area contributed by atoms with Crippen molar-refractivity contribution in [2.45, 2.75) is 52.6 Å². The van der Waals surface area contributed by atoms with E-state index in [-0.39, 0.29) is 0 Å². The Morgan fingerprint density at radius 2 is 1.89 bits per heavy atom. The van der Waals surface area contributed by atoms with Crippen LogP contribution < -0.4 is 5.32 Å². The molecule has 0 aliphatic heterocycles. The van der Waals surface area contributed by atoms with Crippen molar-refractivity contribution in [2.75, 3.05) is 33.4 Å². The maximum absolute atomic E-state index is 5.26. The van der Waals surface area contributed by atoms with E-state index in [1.54, 1.807) is 7.11 Å². The highest BCUT2D eigenvalue weighted by Gasteiger charge is 2.26. The minimum atomic E-state index is 0.628. The summed E-state index contributed by atoms with van der Waals surface area (Å²) in [6.07, 6.45) is 2.74. The molecule has 1 atom stereocenters. The third kappa shape index (κ3) is 6.17. The number of hydrogen-bond acceptors (Lipinski definition) is 3. The molecule has 1 rings (SSSR count). The summed E-state index contributed by atoms with van der Waals surface area (Å²) in [7, 11) is 1.79. The number of rotatable bonds is 10. The van der Waals surface area contributed by atoms with Gasteiger partial charge in [0.1, 0.15) is 0 Å². The third-order valence-corrected chi connectivity index (χ3v) is 3.61. The van der Waals surface area contributed by atoms with Crippen molar-refractivity contribution in [3.05, 3.63) is 0 Å². The van der Waals surface area contributed by atoms with Crippen molar-refractivity contribution in [1.29, 1.82) is 0 Å². The van der Waals surface area contributed by atoms with Gasteiger partial charge in [0.2, 0.25) is 0 Å². The van der Waals surface area contributed by atoms with Gasteiger partial charge >= 0.3 is 0 Å². The normalized spacial score (nSPS) is 18.0. The topological polar surface area (TPSA) is 24.5 Å². The average Bonchev–Trinajstić information content (AvgIpc) is 3.08. The summed E-state index contributed by atoms with van der Waals surface area (Å²) in [6, 6.07) is 1.43. The van der Waals surface area contributed by atoms with E-state index >= 15 is 0 Å². The van der Waals surface area contributed by atoms with Crippen LogP contribution in [0.3, 0.4) is 0 Å². The molecule has 0 saturated heterocycles. The number of ether oxygens (including phenoxy) is 1. The van der Waals surface area contributed by atoms with Gasteiger partial charge in [0.05, 0.1) is 6.61 Å². The van der Waals surface area contributed by atoms with Gasteiger partial charge in [-0.15, -0.1) is 0 Å². The zero-order valence-corrected chi connectivity index (χ0v) is 12.9. The Balaban J connectivity index is 2.49. The first kappa shape index (κ1) is 15.9. The Morgan fingerprint density at radius 3 is 2.33 bits per heavy atom. The fraction of sp³-hybridized carbons (Fsp3) is 1.00. The molecular formula is C15H32N2O. The van der Waals surface area contributed by atoms with Crippen LogP contribution in [0.5, 0.6) is 0 Å². The molecule has 0 radical (unpaired) electrons. The van der Waals surface area contributed by atoms with Crippen LogP contribution in [0.1, 0.15) is 40.5 Å². The van der Waals surface area contributed by atoms with Gasteiger partial charge in [-0.1, -0.05) is 27.7 Å². The highest BCUT2D eigenvalue weighted by molar-refractivity contribution is 4.85. The lowest BCUT2D eigenvalue weighted by molar-refractivity contribution is 0.0893. The van der Waals surface area contributed by atoms with Crippen molar-refractivity contribution in [2.24, 2.45) is 11.8 Å². The molecule has 1 N–H and O–H groups in total. The molecular weight excluding hydrogens is 224 g/mol. The van der Waals surface area contributed by atoms with Gasteiger partial charge in [0.15, 0.2) is 0 Å². The highest BCUT2D eigenvalue weighted by atomic mass is 16.5. The Hall–Kier alpha value is -0.120. The standard InChI is InChI=1S/C15H32N2O/c1-12(2)11-17(8-9-18-5)15(13(3)4)10-16-14-6-7-14/h12-16H,6-11H2,1-5H3. The predicted octanol–water partition coefficient (Wildman–Crippen LogP) is 2.37. The van der Waals surface area contributed by atoms with Crippen LogP contribution in [0.2, 0.25) is 0 Å². The molecule has 108 valence electrons. The van der Waals surface area contributed by atoms with Gasteiger partial charge in [-0.2, -0.15) is 0 Å². The molecule has 3 nitrogen and oxygen atoms in total. The van der Waals surface area contributed by atoms with Gasteiger partial charge in [-0.05, 0) is 24.7 Å². The Kier molecular flexibility index (Phi) is 7.20. The second-order valence-electron chi connectivity index (χ2n) is 6.38. The van der Waals surface area contributed by atoms with E-state index in [4.69, 9.17) is 4.74 Å². The Bertz CT molecular complexity index is 215. The zero-order chi connectivity index (χ0) is 13.5. The fourth-order valence-electron chi connectivity index (χ4n) is 2.43. The number of methoxy groups -OCH3 is 1. The van der Waals surface area contributed by atoms with E-state index in [0.29, 0.717) is 17.9 Å². The van der Waals surface area contributed by atoms with E-state index in [9.17, 15) is 0 Å². The molecule has 0 spiro atoms. The SMILES string of the molecule is COCCN(CC(C)C)C(CNC1CC1)C(C)C. The van der Waals surface area contributed by atoms with Crippen molar-refractivity contribution in [3.8, 4) is 0 Å². The van der Waals surface area contributed by atoms with Gasteiger partial charge in [-0.3, -0.25) is 4.90 Å². The van der Waals surface area contributed by atoms with Crippen LogP contribution in [0.25, 0.3) is 0 Å². The average molecular weight is 256 g/mol. The van der Waals surface area contributed by atoms with Gasteiger partial charge in [0.25, 0.3) is 0 Å². The molecule has 1 aliphatic rings. The molecule has 1 aliphatic carbocycles. The van der Waals surface area contributed by atoms with Crippen LogP contribution in [-0.2, 0) is 4.74 Å². The van der Waals surface area contributed by atoms with Crippen LogP contribution in [0.4, 0.5) is 0 Å². The number of nitrogens with one attached hydrogen (secondary N) is 1. The number of nitrogens with zero attached hydrogens (tertiary/aromatic N) is 1. The molecule has 3 heteroatoms. The Labute approximate surface area is 113 Å². The summed E-state index contributed by atoms with van der Waals surface area (Å²) in [5.74, 6) is 1.40. The first-order chi connectivity index (χ1) is 8.54. The minimum absolute atomic E-state index is 0.628. The van der Waals surface area contributed by atoms with Crippen LogP contribution >= 0.6 is 0 Å². The van der Waals surface area contributed by atoms with Crippen molar-refractivity contribution >= 4 is 0 Å². The summed E-state index contributed by atoms with van der Waals surface area (Å²) >= 11 is 0. The number of hydrogen-bond donors (Lipinski definition) is 1. The summed E-state index contributed by atoms with van der Waals surface area (Å²) in [5, 5.41) is 3.69. The van der Waals surface area contributed by atoms with E-state index in [2.05, 4.69) is 37.9 Å². The lowest BCUT2D eigenvalue weighted by Crippen LogP contribution is -2.48. The van der Waals surface area contributed by atoms with Crippen LogP contribution in [0, 0.1) is 11.8 Å². The van der Waals surface area contributed by atoms with E-state index in [0.717, 1.165) is 25.7 Å². The van der Waals surface area contributed by atoms with E-state index in [1.807, 2.05) is 0 Å². The monoisotopic (exact) mass is 256 g/mol. The maximum atomic E-state index is 5.26. The molecule has 0 amide bonds. The highest BCUT2D eigenvalue weighted by Crippen LogP contribution is 2.20. The summed E-state index contributed by atoms with van der Waals surface area (Å²) in [5.41, 5.74) is 0. The molecule has 18 heavy (non-hydrogen) atoms. The minimum Gasteiger partial charge on any atom is -0.383 e. The first-order valence-electron chi connectivity index (χ1n) is 7.51. The molecule has 1 unspecified atom stereocenters. The Morgan fingerprint density at radius 1 is 1.22 bits per heavy atom. The molecule has 1 saturated carbocycles.